The van der Waals surface area contributed by atoms with Crippen LogP contribution in [-0.4, -0.2) is 51.9 Å². The van der Waals surface area contributed by atoms with E-state index < -0.39 is 41.9 Å². The van der Waals surface area contributed by atoms with E-state index in [1.54, 1.807) is 38.1 Å². The van der Waals surface area contributed by atoms with Gasteiger partial charge >= 0.3 is 12.0 Å². The molecule has 8 nitrogen and oxygen atoms in total. The smallest absolute Gasteiger partial charge is 0.326 e. The summed E-state index contributed by atoms with van der Waals surface area (Å²) in [5.74, 6) is -2.34. The van der Waals surface area contributed by atoms with Crippen molar-refractivity contribution >= 4 is 23.8 Å². The fourth-order valence-corrected chi connectivity index (χ4v) is 2.98. The van der Waals surface area contributed by atoms with Crippen LogP contribution in [0.3, 0.4) is 0 Å². The second-order valence-electron chi connectivity index (χ2n) is 6.26. The molecule has 1 aromatic rings. The second-order valence-corrected chi connectivity index (χ2v) is 6.26. The van der Waals surface area contributed by atoms with E-state index in [1.807, 2.05) is 6.07 Å². The Morgan fingerprint density at radius 2 is 1.81 bits per heavy atom. The number of hydrogen-bond donors (Lipinski definition) is 3. The minimum absolute atomic E-state index is 0.107. The van der Waals surface area contributed by atoms with Crippen molar-refractivity contribution in [3.05, 3.63) is 35.9 Å². The highest BCUT2D eigenvalue weighted by Gasteiger charge is 2.49. The largest absolute Gasteiger partial charge is 0.480 e. The lowest BCUT2D eigenvalue weighted by Crippen LogP contribution is -2.49. The van der Waals surface area contributed by atoms with Gasteiger partial charge < -0.3 is 15.7 Å². The van der Waals surface area contributed by atoms with Crippen molar-refractivity contribution in [2.45, 2.75) is 44.7 Å². The van der Waals surface area contributed by atoms with E-state index >= 15 is 0 Å². The molecule has 0 spiro atoms. The fraction of sp³-hybridized carbons (Fsp3) is 0.444. The minimum atomic E-state index is -1.18. The molecule has 3 N–H and O–H groups in total. The summed E-state index contributed by atoms with van der Waals surface area (Å²) in [6.45, 7) is 3.06. The summed E-state index contributed by atoms with van der Waals surface area (Å²) in [6.07, 6.45) is 0.936. The van der Waals surface area contributed by atoms with Gasteiger partial charge in [-0.15, -0.1) is 0 Å². The third-order valence-corrected chi connectivity index (χ3v) is 4.67. The predicted octanol–water partition coefficient (Wildman–Crippen LogP) is 0.909. The standard InChI is InChI=1S/C18H23N3O5/c1-3-18(4-2)16(25)21(17(26)20-18)11-14(22)19-13(15(23)24)10-12-8-6-5-7-9-12/h5-9,13H,3-4,10-11H2,1-2H3,(H,19,22)(H,20,26)(H,23,24)/t13-/m1/s1. The summed E-state index contributed by atoms with van der Waals surface area (Å²) in [7, 11) is 0. The highest BCUT2D eigenvalue weighted by atomic mass is 16.4. The molecule has 2 rings (SSSR count). The highest BCUT2D eigenvalue weighted by molar-refractivity contribution is 6.09. The van der Waals surface area contributed by atoms with Crippen LogP contribution >= 0.6 is 0 Å². The molecule has 140 valence electrons. The van der Waals surface area contributed by atoms with Gasteiger partial charge in [-0.2, -0.15) is 0 Å². The average molecular weight is 361 g/mol. The van der Waals surface area contributed by atoms with Gasteiger partial charge in [0.25, 0.3) is 5.91 Å². The maximum atomic E-state index is 12.5. The lowest BCUT2D eigenvalue weighted by atomic mass is 9.93. The molecule has 26 heavy (non-hydrogen) atoms. The molecular formula is C18H23N3O5. The molecule has 0 bridgehead atoms. The van der Waals surface area contributed by atoms with Gasteiger partial charge in [0.15, 0.2) is 0 Å². The van der Waals surface area contributed by atoms with Crippen LogP contribution < -0.4 is 10.6 Å². The van der Waals surface area contributed by atoms with E-state index in [9.17, 15) is 24.3 Å². The number of aliphatic carboxylic acids is 1. The first-order valence-corrected chi connectivity index (χ1v) is 8.53. The lowest BCUT2D eigenvalue weighted by molar-refractivity contribution is -0.142. The summed E-state index contributed by atoms with van der Waals surface area (Å²) >= 11 is 0. The monoisotopic (exact) mass is 361 g/mol. The van der Waals surface area contributed by atoms with Gasteiger partial charge in [-0.25, -0.2) is 9.59 Å². The molecule has 0 unspecified atom stereocenters. The Balaban J connectivity index is 2.03. The maximum absolute atomic E-state index is 12.5. The Hall–Kier alpha value is -2.90. The zero-order chi connectivity index (χ0) is 19.3. The van der Waals surface area contributed by atoms with Gasteiger partial charge in [0.2, 0.25) is 5.91 Å². The van der Waals surface area contributed by atoms with Gasteiger partial charge in [0.05, 0.1) is 0 Å². The molecule has 0 radical (unpaired) electrons. The summed E-state index contributed by atoms with van der Waals surface area (Å²) in [5, 5.41) is 14.3. The number of rotatable bonds is 8. The van der Waals surface area contributed by atoms with E-state index in [1.165, 1.54) is 0 Å². The van der Waals surface area contributed by atoms with Crippen LogP contribution in [0.1, 0.15) is 32.3 Å². The molecular weight excluding hydrogens is 338 g/mol. The van der Waals surface area contributed by atoms with E-state index in [0.717, 1.165) is 10.5 Å². The number of imide groups is 1. The molecule has 0 aliphatic carbocycles. The van der Waals surface area contributed by atoms with E-state index in [0.29, 0.717) is 12.8 Å². The summed E-state index contributed by atoms with van der Waals surface area (Å²) < 4.78 is 0. The molecule has 1 saturated heterocycles. The van der Waals surface area contributed by atoms with Gasteiger partial charge in [-0.05, 0) is 18.4 Å². The number of benzene rings is 1. The zero-order valence-corrected chi connectivity index (χ0v) is 14.8. The van der Waals surface area contributed by atoms with E-state index in [4.69, 9.17) is 0 Å². The molecule has 0 saturated carbocycles. The van der Waals surface area contributed by atoms with Gasteiger partial charge in [-0.1, -0.05) is 44.2 Å². The van der Waals surface area contributed by atoms with E-state index in [-0.39, 0.29) is 6.42 Å². The minimum Gasteiger partial charge on any atom is -0.480 e. The van der Waals surface area contributed by atoms with Crippen LogP contribution in [0.4, 0.5) is 4.79 Å². The predicted molar refractivity (Wildman–Crippen MR) is 93.3 cm³/mol. The van der Waals surface area contributed by atoms with Crippen LogP contribution in [0.25, 0.3) is 0 Å². The average Bonchev–Trinajstić information content (AvgIpc) is 2.86. The lowest BCUT2D eigenvalue weighted by Gasteiger charge is -2.23. The summed E-state index contributed by atoms with van der Waals surface area (Å²) in [4.78, 5) is 49.1. The number of urea groups is 1. The molecule has 4 amide bonds. The Morgan fingerprint density at radius 1 is 1.19 bits per heavy atom. The molecule has 1 aliphatic rings. The van der Waals surface area contributed by atoms with Crippen LogP contribution in [0.2, 0.25) is 0 Å². The number of carboxylic acids is 1. The van der Waals surface area contributed by atoms with Crippen LogP contribution in [-0.2, 0) is 20.8 Å². The number of carbonyl (C=O) groups excluding carboxylic acids is 3. The van der Waals surface area contributed by atoms with Crippen molar-refractivity contribution in [2.24, 2.45) is 0 Å². The molecule has 0 aromatic heterocycles. The van der Waals surface area contributed by atoms with Crippen LogP contribution in [0, 0.1) is 0 Å². The molecule has 1 aliphatic heterocycles. The fourth-order valence-electron chi connectivity index (χ4n) is 2.98. The van der Waals surface area contributed by atoms with Crippen molar-refractivity contribution in [3.8, 4) is 0 Å². The summed E-state index contributed by atoms with van der Waals surface area (Å²) in [6, 6.07) is 7.10. The first-order valence-electron chi connectivity index (χ1n) is 8.53. The number of nitrogens with zero attached hydrogens (tertiary/aromatic N) is 1. The molecule has 1 atom stereocenters. The Kier molecular flexibility index (Phi) is 5.97. The quantitative estimate of drug-likeness (QED) is 0.595. The van der Waals surface area contributed by atoms with Gasteiger partial charge in [0, 0.05) is 6.42 Å². The Labute approximate surface area is 151 Å². The number of carbonyl (C=O) groups is 4. The van der Waals surface area contributed by atoms with E-state index in [2.05, 4.69) is 10.6 Å². The third kappa shape index (κ3) is 4.01. The van der Waals surface area contributed by atoms with Gasteiger partial charge in [0.1, 0.15) is 18.1 Å². The van der Waals surface area contributed by atoms with Crippen molar-refractivity contribution in [1.29, 1.82) is 0 Å². The third-order valence-electron chi connectivity index (χ3n) is 4.67. The Bertz CT molecular complexity index is 700. The van der Waals surface area contributed by atoms with Crippen molar-refractivity contribution in [3.63, 3.8) is 0 Å². The first kappa shape index (κ1) is 19.4. The zero-order valence-electron chi connectivity index (χ0n) is 14.8. The second kappa shape index (κ2) is 7.99. The number of carboxylic acid groups (broad SMARTS) is 1. The number of amides is 4. The van der Waals surface area contributed by atoms with Crippen molar-refractivity contribution in [2.75, 3.05) is 6.54 Å². The van der Waals surface area contributed by atoms with Crippen LogP contribution in [0.5, 0.6) is 0 Å². The summed E-state index contributed by atoms with van der Waals surface area (Å²) in [5.41, 5.74) is -0.237. The first-order chi connectivity index (χ1) is 12.3. The maximum Gasteiger partial charge on any atom is 0.326 e. The molecule has 1 heterocycles. The Morgan fingerprint density at radius 3 is 2.31 bits per heavy atom. The molecule has 8 heteroatoms. The number of hydrogen-bond acceptors (Lipinski definition) is 4. The molecule has 1 fully saturated rings. The van der Waals surface area contributed by atoms with Crippen LogP contribution in [0.15, 0.2) is 30.3 Å². The normalized spacial score (nSPS) is 16.9. The molecule has 1 aromatic carbocycles. The van der Waals surface area contributed by atoms with Gasteiger partial charge in [-0.3, -0.25) is 14.5 Å². The van der Waals surface area contributed by atoms with Crippen molar-refractivity contribution < 1.29 is 24.3 Å². The highest BCUT2D eigenvalue weighted by Crippen LogP contribution is 2.24. The SMILES string of the molecule is CCC1(CC)NC(=O)N(CC(=O)N[C@H](Cc2ccccc2)C(=O)O)C1=O. The topological polar surface area (TPSA) is 116 Å². The van der Waals surface area contributed by atoms with Crippen molar-refractivity contribution in [1.82, 2.24) is 15.5 Å². The number of nitrogens with one attached hydrogen (secondary N) is 2.